The minimum absolute atomic E-state index is 0.162. The van der Waals surface area contributed by atoms with Crippen molar-refractivity contribution in [3.63, 3.8) is 0 Å². The van der Waals surface area contributed by atoms with Crippen molar-refractivity contribution < 1.29 is 42.7 Å². The number of hydrogen-bond donors (Lipinski definition) is 0. The lowest BCUT2D eigenvalue weighted by molar-refractivity contribution is -0.310. The summed E-state index contributed by atoms with van der Waals surface area (Å²) < 4.78 is 51.9. The highest BCUT2D eigenvalue weighted by molar-refractivity contribution is 6.66. The van der Waals surface area contributed by atoms with E-state index in [4.69, 9.17) is 49.5 Å². The maximum atomic E-state index is 11.5. The van der Waals surface area contributed by atoms with Gasteiger partial charge in [0, 0.05) is 0 Å². The van der Waals surface area contributed by atoms with Crippen LogP contribution in [0.25, 0.3) is 6.08 Å². The summed E-state index contributed by atoms with van der Waals surface area (Å²) in [4.78, 5) is 11.5. The molecule has 1 aliphatic rings. The topological polar surface area (TPSA) is 90.9 Å². The standard InChI is InChI=1S/C45H45ClO9/c1-48-37-25-36(23-24-40(46)47)26-38(49-2)41(37)55-45-44(53-30-35-21-13-6-14-22-35)43(52-29-34-19-11-5-12-20-34)42(51-28-33-17-9-4-10-18-33)39(54-45)31-50-27-32-15-7-3-8-16-32/h3-26,39,42-45H,27-31H2,1-2H3/b24-23+/t39-,42-,43+,44+,45-/m1/s1. The Bertz CT molecular complexity index is 1900. The second kappa shape index (κ2) is 20.6. The summed E-state index contributed by atoms with van der Waals surface area (Å²) in [5.74, 6) is 0.951. The molecular weight excluding hydrogens is 720 g/mol. The average Bonchev–Trinajstić information content (AvgIpc) is 3.23. The molecule has 0 aromatic heterocycles. The number of ether oxygens (including phenoxy) is 8. The van der Waals surface area contributed by atoms with Crippen LogP contribution in [0.3, 0.4) is 0 Å². The van der Waals surface area contributed by atoms with Crippen LogP contribution in [-0.4, -0.2) is 56.8 Å². The van der Waals surface area contributed by atoms with E-state index in [1.807, 2.05) is 121 Å². The van der Waals surface area contributed by atoms with Crippen molar-refractivity contribution >= 4 is 22.9 Å². The van der Waals surface area contributed by atoms with Crippen molar-refractivity contribution in [2.75, 3.05) is 20.8 Å². The molecule has 0 saturated carbocycles. The molecule has 1 fully saturated rings. The third-order valence-electron chi connectivity index (χ3n) is 8.96. The number of methoxy groups -OCH3 is 2. The molecule has 1 heterocycles. The lowest BCUT2D eigenvalue weighted by Crippen LogP contribution is -2.62. The van der Waals surface area contributed by atoms with Gasteiger partial charge in [-0.2, -0.15) is 0 Å². The molecule has 286 valence electrons. The molecule has 6 rings (SSSR count). The number of hydrogen-bond acceptors (Lipinski definition) is 9. The summed E-state index contributed by atoms with van der Waals surface area (Å²) >= 11 is 5.58. The predicted octanol–water partition coefficient (Wildman–Crippen LogP) is 8.56. The summed E-state index contributed by atoms with van der Waals surface area (Å²) in [6, 6.07) is 43.1. The van der Waals surface area contributed by atoms with Crippen LogP contribution in [0.15, 0.2) is 140 Å². The number of rotatable bonds is 19. The van der Waals surface area contributed by atoms with Crippen LogP contribution in [-0.2, 0) is 54.9 Å². The van der Waals surface area contributed by atoms with Crippen molar-refractivity contribution in [1.29, 1.82) is 0 Å². The molecule has 0 N–H and O–H groups in total. The van der Waals surface area contributed by atoms with Gasteiger partial charge in [0.05, 0.1) is 47.3 Å². The van der Waals surface area contributed by atoms with Crippen LogP contribution in [0.1, 0.15) is 27.8 Å². The van der Waals surface area contributed by atoms with Gasteiger partial charge in [-0.1, -0.05) is 121 Å². The third-order valence-corrected chi connectivity index (χ3v) is 9.09. The number of carbonyl (C=O) groups excluding carboxylic acids is 1. The summed E-state index contributed by atoms with van der Waals surface area (Å²) in [5, 5.41) is -0.613. The van der Waals surface area contributed by atoms with Crippen LogP contribution in [0.2, 0.25) is 0 Å². The lowest BCUT2D eigenvalue weighted by atomic mass is 9.97. The zero-order valence-corrected chi connectivity index (χ0v) is 31.6. The van der Waals surface area contributed by atoms with Crippen molar-refractivity contribution in [2.24, 2.45) is 0 Å². The quantitative estimate of drug-likeness (QED) is 0.0606. The van der Waals surface area contributed by atoms with Crippen LogP contribution in [0.5, 0.6) is 17.2 Å². The van der Waals surface area contributed by atoms with Crippen molar-refractivity contribution in [3.8, 4) is 17.2 Å². The Morgan fingerprint density at radius 3 is 1.51 bits per heavy atom. The fourth-order valence-electron chi connectivity index (χ4n) is 6.23. The monoisotopic (exact) mass is 764 g/mol. The van der Waals surface area contributed by atoms with E-state index >= 15 is 0 Å². The zero-order chi connectivity index (χ0) is 38.2. The van der Waals surface area contributed by atoms with Crippen molar-refractivity contribution in [2.45, 2.75) is 57.1 Å². The molecule has 5 aromatic rings. The van der Waals surface area contributed by atoms with Gasteiger partial charge in [0.15, 0.2) is 11.5 Å². The van der Waals surface area contributed by atoms with Gasteiger partial charge in [-0.05, 0) is 63.7 Å². The molecule has 1 saturated heterocycles. The van der Waals surface area contributed by atoms with Crippen molar-refractivity contribution in [1.82, 2.24) is 0 Å². The zero-order valence-electron chi connectivity index (χ0n) is 30.8. The number of allylic oxidation sites excluding steroid dienone is 1. The van der Waals surface area contributed by atoms with E-state index in [1.165, 1.54) is 20.3 Å². The first-order valence-electron chi connectivity index (χ1n) is 18.0. The second-order valence-corrected chi connectivity index (χ2v) is 13.2. The molecule has 10 heteroatoms. The molecule has 0 unspecified atom stereocenters. The Morgan fingerprint density at radius 2 is 1.05 bits per heavy atom. The molecule has 55 heavy (non-hydrogen) atoms. The summed E-state index contributed by atoms with van der Waals surface area (Å²) in [7, 11) is 3.04. The highest BCUT2D eigenvalue weighted by atomic mass is 35.5. The average molecular weight is 765 g/mol. The molecule has 0 bridgehead atoms. The van der Waals surface area contributed by atoms with Crippen LogP contribution >= 0.6 is 11.6 Å². The molecule has 0 amide bonds. The first-order chi connectivity index (χ1) is 27.0. The maximum absolute atomic E-state index is 11.5. The van der Waals surface area contributed by atoms with E-state index in [9.17, 15) is 4.79 Å². The van der Waals surface area contributed by atoms with E-state index in [-0.39, 0.29) is 25.6 Å². The maximum Gasteiger partial charge on any atom is 0.245 e. The number of carbonyl (C=O) groups is 1. The fourth-order valence-corrected chi connectivity index (χ4v) is 6.30. The van der Waals surface area contributed by atoms with Gasteiger partial charge in [0.1, 0.15) is 24.4 Å². The Balaban J connectivity index is 1.39. The van der Waals surface area contributed by atoms with Crippen LogP contribution in [0, 0.1) is 0 Å². The lowest BCUT2D eigenvalue weighted by Gasteiger charge is -2.45. The van der Waals surface area contributed by atoms with Crippen LogP contribution < -0.4 is 14.2 Å². The largest absolute Gasteiger partial charge is 0.493 e. The van der Waals surface area contributed by atoms with E-state index in [2.05, 4.69) is 0 Å². The fraction of sp³-hybridized carbons (Fsp3) is 0.267. The molecule has 5 atom stereocenters. The Hall–Kier alpha value is -5.00. The Labute approximate surface area is 327 Å². The van der Waals surface area contributed by atoms with Gasteiger partial charge >= 0.3 is 0 Å². The highest BCUT2D eigenvalue weighted by Crippen LogP contribution is 2.42. The number of halogens is 1. The minimum Gasteiger partial charge on any atom is -0.493 e. The smallest absolute Gasteiger partial charge is 0.245 e. The third kappa shape index (κ3) is 11.5. The minimum atomic E-state index is -1.06. The molecule has 0 aliphatic carbocycles. The predicted molar refractivity (Wildman–Crippen MR) is 210 cm³/mol. The van der Waals surface area contributed by atoms with Gasteiger partial charge in [0.2, 0.25) is 17.3 Å². The van der Waals surface area contributed by atoms with E-state index in [1.54, 1.807) is 18.2 Å². The Morgan fingerprint density at radius 1 is 0.618 bits per heavy atom. The van der Waals surface area contributed by atoms with Gasteiger partial charge in [0.25, 0.3) is 0 Å². The normalized spacial score (nSPS) is 19.6. The second-order valence-electron chi connectivity index (χ2n) is 12.8. The van der Waals surface area contributed by atoms with Gasteiger partial charge in [-0.25, -0.2) is 0 Å². The van der Waals surface area contributed by atoms with E-state index < -0.39 is 35.9 Å². The molecular formula is C45H45ClO9. The molecule has 9 nitrogen and oxygen atoms in total. The van der Waals surface area contributed by atoms with Crippen LogP contribution in [0.4, 0.5) is 0 Å². The number of benzene rings is 5. The van der Waals surface area contributed by atoms with E-state index in [0.29, 0.717) is 30.3 Å². The molecule has 0 spiro atoms. The van der Waals surface area contributed by atoms with Crippen molar-refractivity contribution in [3.05, 3.63) is 167 Å². The van der Waals surface area contributed by atoms with E-state index in [0.717, 1.165) is 22.3 Å². The first-order valence-corrected chi connectivity index (χ1v) is 18.4. The van der Waals surface area contributed by atoms with Gasteiger partial charge in [-0.15, -0.1) is 0 Å². The summed E-state index contributed by atoms with van der Waals surface area (Å²) in [6.45, 7) is 1.34. The first kappa shape index (κ1) is 39.7. The van der Waals surface area contributed by atoms with Gasteiger partial charge in [-0.3, -0.25) is 4.79 Å². The summed E-state index contributed by atoms with van der Waals surface area (Å²) in [6.07, 6.45) is -1.08. The summed E-state index contributed by atoms with van der Waals surface area (Å²) in [5.41, 5.74) is 4.57. The highest BCUT2D eigenvalue weighted by Gasteiger charge is 2.50. The SMILES string of the molecule is COc1cc(/C=C/C(=O)Cl)cc(OC)c1O[C@H]1O[C@H](COCc2ccccc2)[C@@H](OCc2ccccc2)[C@H](OCc2ccccc2)[C@@H]1OCc1ccccc1. The molecule has 1 aliphatic heterocycles. The molecule has 0 radical (unpaired) electrons. The Kier molecular flexibility index (Phi) is 14.9. The van der Waals surface area contributed by atoms with Gasteiger partial charge < -0.3 is 37.9 Å². The molecule has 5 aromatic carbocycles.